The molecule has 1 heterocycles. The summed E-state index contributed by atoms with van der Waals surface area (Å²) in [5.74, 6) is -1.12. The Balaban J connectivity index is 2.29. The summed E-state index contributed by atoms with van der Waals surface area (Å²) < 4.78 is 11.2. The van der Waals surface area contributed by atoms with Crippen molar-refractivity contribution in [3.05, 3.63) is 62.8 Å². The van der Waals surface area contributed by atoms with E-state index in [2.05, 4.69) is 0 Å². The van der Waals surface area contributed by atoms with Crippen LogP contribution in [-0.4, -0.2) is 17.7 Å². The van der Waals surface area contributed by atoms with Gasteiger partial charge < -0.3 is 14.3 Å². The molecule has 1 aromatic heterocycles. The average Bonchev–Trinajstić information content (AvgIpc) is 2.56. The van der Waals surface area contributed by atoms with Crippen LogP contribution >= 0.6 is 11.6 Å². The van der Waals surface area contributed by atoms with Crippen LogP contribution in [0.1, 0.15) is 11.1 Å². The maximum absolute atomic E-state index is 12.9. The molecule has 0 amide bonds. The molecular weight excluding hydrogens is 344 g/mol. The van der Waals surface area contributed by atoms with Gasteiger partial charge in [0.2, 0.25) is 11.2 Å². The molecule has 25 heavy (non-hydrogen) atoms. The van der Waals surface area contributed by atoms with E-state index in [4.69, 9.17) is 25.9 Å². The normalized spacial score (nSPS) is 10.8. The molecule has 3 rings (SSSR count). The van der Waals surface area contributed by atoms with Gasteiger partial charge in [0.15, 0.2) is 12.4 Å². The molecule has 1 N–H and O–H groups in total. The smallest absolute Gasteiger partial charge is 0.341 e. The molecule has 128 valence electrons. The van der Waals surface area contributed by atoms with Gasteiger partial charge in [0.1, 0.15) is 5.58 Å². The number of benzene rings is 2. The van der Waals surface area contributed by atoms with Crippen molar-refractivity contribution in [1.29, 1.82) is 0 Å². The number of hydrogen-bond acceptors (Lipinski definition) is 4. The molecule has 0 unspecified atom stereocenters. The van der Waals surface area contributed by atoms with Gasteiger partial charge in [-0.05, 0) is 61.4 Å². The van der Waals surface area contributed by atoms with E-state index in [1.807, 2.05) is 13.8 Å². The summed E-state index contributed by atoms with van der Waals surface area (Å²) in [7, 11) is 0. The number of carboxylic acid groups (broad SMARTS) is 1. The molecule has 0 bridgehead atoms. The van der Waals surface area contributed by atoms with E-state index in [0.717, 1.165) is 11.1 Å². The van der Waals surface area contributed by atoms with Gasteiger partial charge in [-0.15, -0.1) is 0 Å². The maximum atomic E-state index is 12.9. The van der Waals surface area contributed by atoms with Crippen LogP contribution < -0.4 is 10.2 Å². The zero-order chi connectivity index (χ0) is 18.1. The molecule has 0 aliphatic carbocycles. The van der Waals surface area contributed by atoms with Crippen LogP contribution in [0.25, 0.3) is 22.3 Å². The van der Waals surface area contributed by atoms with Crippen LogP contribution in [0.3, 0.4) is 0 Å². The van der Waals surface area contributed by atoms with Crippen molar-refractivity contribution in [2.24, 2.45) is 0 Å². The summed E-state index contributed by atoms with van der Waals surface area (Å²) in [6.07, 6.45) is 0. The Morgan fingerprint density at radius 2 is 1.80 bits per heavy atom. The predicted molar refractivity (Wildman–Crippen MR) is 95.5 cm³/mol. The Hall–Kier alpha value is -2.79. The predicted octanol–water partition coefficient (Wildman–Crippen LogP) is 4.19. The van der Waals surface area contributed by atoms with Crippen molar-refractivity contribution < 1.29 is 19.1 Å². The van der Waals surface area contributed by atoms with Crippen molar-refractivity contribution in [1.82, 2.24) is 0 Å². The first kappa shape index (κ1) is 17.0. The molecule has 0 spiro atoms. The third-order valence-corrected chi connectivity index (χ3v) is 4.16. The topological polar surface area (TPSA) is 76.7 Å². The lowest BCUT2D eigenvalue weighted by molar-refractivity contribution is -0.139. The number of fused-ring (bicyclic) bond motifs is 1. The second-order valence-corrected chi connectivity index (χ2v) is 6.15. The van der Waals surface area contributed by atoms with Crippen LogP contribution in [0.4, 0.5) is 0 Å². The van der Waals surface area contributed by atoms with Gasteiger partial charge >= 0.3 is 5.97 Å². The number of ether oxygens (including phenoxy) is 1. The first-order chi connectivity index (χ1) is 11.9. The maximum Gasteiger partial charge on any atom is 0.341 e. The first-order valence-electron chi connectivity index (χ1n) is 7.55. The van der Waals surface area contributed by atoms with E-state index in [1.165, 1.54) is 0 Å². The molecule has 3 aromatic rings. The van der Waals surface area contributed by atoms with Crippen LogP contribution in [-0.2, 0) is 4.79 Å². The fourth-order valence-electron chi connectivity index (χ4n) is 2.49. The van der Waals surface area contributed by atoms with E-state index in [0.29, 0.717) is 21.6 Å². The Morgan fingerprint density at radius 3 is 2.44 bits per heavy atom. The van der Waals surface area contributed by atoms with Crippen LogP contribution in [0, 0.1) is 13.8 Å². The average molecular weight is 359 g/mol. The lowest BCUT2D eigenvalue weighted by Gasteiger charge is -2.11. The third-order valence-electron chi connectivity index (χ3n) is 3.91. The van der Waals surface area contributed by atoms with E-state index < -0.39 is 18.0 Å². The van der Waals surface area contributed by atoms with Crippen molar-refractivity contribution in [3.63, 3.8) is 0 Å². The zero-order valence-corrected chi connectivity index (χ0v) is 14.4. The quantitative estimate of drug-likeness (QED) is 0.756. The number of aryl methyl sites for hydroxylation is 2. The summed E-state index contributed by atoms with van der Waals surface area (Å²) in [5, 5.41) is 9.76. The van der Waals surface area contributed by atoms with E-state index >= 15 is 0 Å². The van der Waals surface area contributed by atoms with Crippen LogP contribution in [0.15, 0.2) is 45.6 Å². The molecule has 6 heteroatoms. The fraction of sp³-hybridized carbons (Fsp3) is 0.158. The molecular formula is C19H15ClO5. The Labute approximate surface area is 148 Å². The summed E-state index contributed by atoms with van der Waals surface area (Å²) in [4.78, 5) is 23.7. The van der Waals surface area contributed by atoms with Crippen LogP contribution in [0.2, 0.25) is 5.02 Å². The van der Waals surface area contributed by atoms with Crippen LogP contribution in [0.5, 0.6) is 5.75 Å². The second kappa shape index (κ2) is 6.61. The summed E-state index contributed by atoms with van der Waals surface area (Å²) in [6, 6.07) is 10.2. The number of aliphatic carboxylic acids is 1. The van der Waals surface area contributed by atoms with Gasteiger partial charge in [-0.3, -0.25) is 4.79 Å². The van der Waals surface area contributed by atoms with Gasteiger partial charge in [0, 0.05) is 10.6 Å². The van der Waals surface area contributed by atoms with E-state index in [9.17, 15) is 9.59 Å². The number of rotatable bonds is 4. The van der Waals surface area contributed by atoms with Gasteiger partial charge in [-0.25, -0.2) is 4.79 Å². The molecule has 0 fully saturated rings. The molecule has 0 radical (unpaired) electrons. The molecule has 0 atom stereocenters. The molecule has 0 aliphatic rings. The minimum atomic E-state index is -1.18. The highest BCUT2D eigenvalue weighted by Gasteiger charge is 2.19. The van der Waals surface area contributed by atoms with E-state index in [1.54, 1.807) is 36.4 Å². The fourth-order valence-corrected chi connectivity index (χ4v) is 2.62. The van der Waals surface area contributed by atoms with Crippen molar-refractivity contribution in [2.75, 3.05) is 6.61 Å². The monoisotopic (exact) mass is 358 g/mol. The minimum absolute atomic E-state index is 0.125. The Morgan fingerprint density at radius 1 is 1.16 bits per heavy atom. The second-order valence-electron chi connectivity index (χ2n) is 5.71. The molecule has 0 saturated carbocycles. The first-order valence-corrected chi connectivity index (χ1v) is 7.93. The molecule has 0 saturated heterocycles. The minimum Gasteiger partial charge on any atom is -0.479 e. The summed E-state index contributed by atoms with van der Waals surface area (Å²) in [5.41, 5.74) is 2.50. The molecule has 0 aliphatic heterocycles. The highest BCUT2D eigenvalue weighted by molar-refractivity contribution is 6.30. The summed E-state index contributed by atoms with van der Waals surface area (Å²) >= 11 is 5.90. The highest BCUT2D eigenvalue weighted by atomic mass is 35.5. The number of carboxylic acids is 1. The zero-order valence-electron chi connectivity index (χ0n) is 13.6. The van der Waals surface area contributed by atoms with E-state index in [-0.39, 0.29) is 11.5 Å². The van der Waals surface area contributed by atoms with Crippen molar-refractivity contribution in [3.8, 4) is 17.1 Å². The van der Waals surface area contributed by atoms with Gasteiger partial charge in [0.25, 0.3) is 0 Å². The number of hydrogen-bond donors (Lipinski definition) is 1. The SMILES string of the molecule is Cc1cc2oc(-c3ccc(Cl)cc3)c(OCC(=O)O)c(=O)c2cc1C. The van der Waals surface area contributed by atoms with Crippen molar-refractivity contribution in [2.45, 2.75) is 13.8 Å². The standard InChI is InChI=1S/C19H15ClO5/c1-10-7-14-15(8-11(10)2)25-18(12-3-5-13(20)6-4-12)19(17(14)23)24-9-16(21)22/h3-8H,9H2,1-2H3,(H,21,22). The third kappa shape index (κ3) is 3.37. The van der Waals surface area contributed by atoms with Gasteiger partial charge in [-0.1, -0.05) is 11.6 Å². The van der Waals surface area contributed by atoms with Gasteiger partial charge in [0.05, 0.1) is 5.39 Å². The largest absolute Gasteiger partial charge is 0.479 e. The highest BCUT2D eigenvalue weighted by Crippen LogP contribution is 2.32. The molecule has 5 nitrogen and oxygen atoms in total. The van der Waals surface area contributed by atoms with Crippen molar-refractivity contribution >= 4 is 28.5 Å². The number of halogens is 1. The lowest BCUT2D eigenvalue weighted by Crippen LogP contribution is -2.16. The Bertz CT molecular complexity index is 1020. The number of carbonyl (C=O) groups is 1. The summed E-state index contributed by atoms with van der Waals surface area (Å²) in [6.45, 7) is 3.17. The lowest BCUT2D eigenvalue weighted by atomic mass is 10.0. The molecule has 2 aromatic carbocycles. The Kier molecular flexibility index (Phi) is 4.51. The van der Waals surface area contributed by atoms with Gasteiger partial charge in [-0.2, -0.15) is 0 Å².